The van der Waals surface area contributed by atoms with Gasteiger partial charge in [0, 0.05) is 18.0 Å². The second-order valence-electron chi connectivity index (χ2n) is 3.12. The van der Waals surface area contributed by atoms with Crippen molar-refractivity contribution >= 4 is 5.97 Å². The minimum Gasteiger partial charge on any atom is -0.478 e. The number of aromatic nitrogens is 2. The van der Waals surface area contributed by atoms with E-state index in [-0.39, 0.29) is 5.56 Å². The quantitative estimate of drug-likeness (QED) is 0.768. The number of imidazole rings is 1. The average Bonchev–Trinajstić information content (AvgIpc) is 2.81. The molecule has 0 spiro atoms. The number of terminal acetylenes is 1. The Morgan fingerprint density at radius 2 is 2.31 bits per heavy atom. The zero-order valence-electron chi connectivity index (χ0n) is 8.29. The maximum atomic E-state index is 11.1. The summed E-state index contributed by atoms with van der Waals surface area (Å²) < 4.78 is 1.60. The van der Waals surface area contributed by atoms with Gasteiger partial charge in [0.25, 0.3) is 0 Å². The van der Waals surface area contributed by atoms with Crippen molar-refractivity contribution in [2.24, 2.45) is 0 Å². The van der Waals surface area contributed by atoms with E-state index in [0.29, 0.717) is 11.3 Å². The molecule has 16 heavy (non-hydrogen) atoms. The Bertz CT molecular complexity index is 565. The molecule has 0 atom stereocenters. The Morgan fingerprint density at radius 1 is 1.50 bits per heavy atom. The van der Waals surface area contributed by atoms with Gasteiger partial charge in [-0.15, -0.1) is 6.42 Å². The van der Waals surface area contributed by atoms with Crippen molar-refractivity contribution in [3.05, 3.63) is 48.0 Å². The minimum absolute atomic E-state index is 0.161. The van der Waals surface area contributed by atoms with Gasteiger partial charge in [-0.1, -0.05) is 12.0 Å². The topological polar surface area (TPSA) is 55.1 Å². The first-order valence-corrected chi connectivity index (χ1v) is 4.55. The lowest BCUT2D eigenvalue weighted by molar-refractivity contribution is 0.0697. The van der Waals surface area contributed by atoms with Crippen molar-refractivity contribution in [2.45, 2.75) is 0 Å². The third kappa shape index (κ3) is 1.55. The van der Waals surface area contributed by atoms with Crippen LogP contribution in [0.3, 0.4) is 0 Å². The fraction of sp³-hybridized carbons (Fsp3) is 0. The van der Waals surface area contributed by atoms with Crippen LogP contribution in [-0.2, 0) is 0 Å². The van der Waals surface area contributed by atoms with E-state index in [9.17, 15) is 4.79 Å². The fourth-order valence-electron chi connectivity index (χ4n) is 1.50. The van der Waals surface area contributed by atoms with E-state index in [2.05, 4.69) is 10.9 Å². The smallest absolute Gasteiger partial charge is 0.337 e. The average molecular weight is 212 g/mol. The van der Waals surface area contributed by atoms with Crippen LogP contribution in [-0.4, -0.2) is 20.6 Å². The van der Waals surface area contributed by atoms with E-state index < -0.39 is 5.97 Å². The molecule has 2 rings (SSSR count). The SMILES string of the molecule is C#Cc1cccc(C(=O)O)c1-n1ccnc1. The number of rotatable bonds is 2. The molecule has 0 saturated heterocycles. The van der Waals surface area contributed by atoms with E-state index in [1.165, 1.54) is 12.4 Å². The molecule has 0 aliphatic heterocycles. The minimum atomic E-state index is -1.01. The Labute approximate surface area is 92.2 Å². The number of hydrogen-bond acceptors (Lipinski definition) is 2. The third-order valence-electron chi connectivity index (χ3n) is 2.18. The Balaban J connectivity index is 2.75. The fourth-order valence-corrected chi connectivity index (χ4v) is 1.50. The van der Waals surface area contributed by atoms with E-state index in [1.807, 2.05) is 0 Å². The van der Waals surface area contributed by atoms with Gasteiger partial charge in [-0.05, 0) is 12.1 Å². The maximum Gasteiger partial charge on any atom is 0.337 e. The molecule has 0 aliphatic rings. The molecule has 0 radical (unpaired) electrons. The van der Waals surface area contributed by atoms with Gasteiger partial charge in [-0.2, -0.15) is 0 Å². The lowest BCUT2D eigenvalue weighted by atomic mass is 10.1. The summed E-state index contributed by atoms with van der Waals surface area (Å²) in [6.07, 6.45) is 10.1. The monoisotopic (exact) mass is 212 g/mol. The van der Waals surface area contributed by atoms with Crippen LogP contribution in [0.1, 0.15) is 15.9 Å². The molecular formula is C12H8N2O2. The van der Waals surface area contributed by atoms with Crippen molar-refractivity contribution in [1.29, 1.82) is 0 Å². The summed E-state index contributed by atoms with van der Waals surface area (Å²) in [6.45, 7) is 0. The molecular weight excluding hydrogens is 204 g/mol. The normalized spacial score (nSPS) is 9.69. The number of carboxylic acid groups (broad SMARTS) is 1. The predicted molar refractivity (Wildman–Crippen MR) is 58.5 cm³/mol. The zero-order valence-corrected chi connectivity index (χ0v) is 8.29. The summed E-state index contributed by atoms with van der Waals surface area (Å²) in [4.78, 5) is 15.0. The van der Waals surface area contributed by atoms with Gasteiger partial charge in [0.05, 0.1) is 17.6 Å². The summed E-state index contributed by atoms with van der Waals surface area (Å²) in [5.41, 5.74) is 1.15. The summed E-state index contributed by atoms with van der Waals surface area (Å²) in [6, 6.07) is 4.83. The molecule has 4 nitrogen and oxygen atoms in total. The summed E-state index contributed by atoms with van der Waals surface area (Å²) in [7, 11) is 0. The largest absolute Gasteiger partial charge is 0.478 e. The number of hydrogen-bond donors (Lipinski definition) is 1. The molecule has 1 aromatic heterocycles. The molecule has 0 saturated carbocycles. The maximum absolute atomic E-state index is 11.1. The van der Waals surface area contributed by atoms with Crippen molar-refractivity contribution in [1.82, 2.24) is 9.55 Å². The van der Waals surface area contributed by atoms with Crippen LogP contribution < -0.4 is 0 Å². The summed E-state index contributed by atoms with van der Waals surface area (Å²) >= 11 is 0. The first kappa shape index (κ1) is 9.99. The standard InChI is InChI=1S/C12H8N2O2/c1-2-9-4-3-5-10(12(15)16)11(9)14-7-6-13-8-14/h1,3-8H,(H,15,16). The molecule has 2 aromatic rings. The molecule has 0 bridgehead atoms. The van der Waals surface area contributed by atoms with Gasteiger partial charge >= 0.3 is 5.97 Å². The highest BCUT2D eigenvalue weighted by Crippen LogP contribution is 2.19. The number of para-hydroxylation sites is 1. The van der Waals surface area contributed by atoms with Crippen LogP contribution >= 0.6 is 0 Å². The van der Waals surface area contributed by atoms with Gasteiger partial charge < -0.3 is 9.67 Å². The summed E-state index contributed by atoms with van der Waals surface area (Å²) in [5, 5.41) is 9.08. The molecule has 0 aliphatic carbocycles. The van der Waals surface area contributed by atoms with Crippen molar-refractivity contribution in [2.75, 3.05) is 0 Å². The van der Waals surface area contributed by atoms with Gasteiger partial charge in [-0.25, -0.2) is 9.78 Å². The number of aromatic carboxylic acids is 1. The van der Waals surface area contributed by atoms with Gasteiger partial charge in [-0.3, -0.25) is 0 Å². The van der Waals surface area contributed by atoms with Crippen molar-refractivity contribution < 1.29 is 9.90 Å². The first-order valence-electron chi connectivity index (χ1n) is 4.55. The van der Waals surface area contributed by atoms with Gasteiger partial charge in [0.1, 0.15) is 0 Å². The van der Waals surface area contributed by atoms with Gasteiger partial charge in [0.2, 0.25) is 0 Å². The van der Waals surface area contributed by atoms with E-state index in [0.717, 1.165) is 0 Å². The van der Waals surface area contributed by atoms with Crippen LogP contribution in [0.5, 0.6) is 0 Å². The Morgan fingerprint density at radius 3 is 2.88 bits per heavy atom. The molecule has 0 unspecified atom stereocenters. The lowest BCUT2D eigenvalue weighted by Crippen LogP contribution is -2.06. The molecule has 1 heterocycles. The highest BCUT2D eigenvalue weighted by molar-refractivity contribution is 5.93. The van der Waals surface area contributed by atoms with Crippen molar-refractivity contribution in [3.8, 4) is 18.0 Å². The van der Waals surface area contributed by atoms with Gasteiger partial charge in [0.15, 0.2) is 0 Å². The van der Waals surface area contributed by atoms with Crippen LogP contribution in [0.25, 0.3) is 5.69 Å². The van der Waals surface area contributed by atoms with Crippen LogP contribution in [0.4, 0.5) is 0 Å². The molecule has 0 fully saturated rings. The highest BCUT2D eigenvalue weighted by Gasteiger charge is 2.14. The zero-order chi connectivity index (χ0) is 11.5. The number of carbonyl (C=O) groups is 1. The van der Waals surface area contributed by atoms with Crippen LogP contribution in [0.2, 0.25) is 0 Å². The number of nitrogens with zero attached hydrogens (tertiary/aromatic N) is 2. The van der Waals surface area contributed by atoms with E-state index >= 15 is 0 Å². The lowest BCUT2D eigenvalue weighted by Gasteiger charge is -2.09. The van der Waals surface area contributed by atoms with Crippen LogP contribution in [0.15, 0.2) is 36.9 Å². The molecule has 78 valence electrons. The van der Waals surface area contributed by atoms with Crippen molar-refractivity contribution in [3.63, 3.8) is 0 Å². The summed E-state index contributed by atoms with van der Waals surface area (Å²) in [5.74, 6) is 1.45. The molecule has 4 heteroatoms. The highest BCUT2D eigenvalue weighted by atomic mass is 16.4. The molecule has 1 aromatic carbocycles. The molecule has 1 N–H and O–H groups in total. The van der Waals surface area contributed by atoms with E-state index in [1.54, 1.807) is 29.1 Å². The Hall–Kier alpha value is -2.54. The predicted octanol–water partition coefficient (Wildman–Crippen LogP) is 1.55. The molecule has 0 amide bonds. The number of carboxylic acids is 1. The second kappa shape index (κ2) is 3.91. The second-order valence-corrected chi connectivity index (χ2v) is 3.12. The Kier molecular flexibility index (Phi) is 2.44. The number of benzene rings is 1. The van der Waals surface area contributed by atoms with Crippen LogP contribution in [0, 0.1) is 12.3 Å². The first-order chi connectivity index (χ1) is 7.74. The third-order valence-corrected chi connectivity index (χ3v) is 2.18. The van der Waals surface area contributed by atoms with E-state index in [4.69, 9.17) is 11.5 Å².